The van der Waals surface area contributed by atoms with Gasteiger partial charge in [0.25, 0.3) is 0 Å². The summed E-state index contributed by atoms with van der Waals surface area (Å²) in [4.78, 5) is 21.9. The van der Waals surface area contributed by atoms with E-state index < -0.39 is 18.2 Å². The van der Waals surface area contributed by atoms with Crippen LogP contribution in [0.5, 0.6) is 0 Å². The van der Waals surface area contributed by atoms with Gasteiger partial charge in [-0.2, -0.15) is 0 Å². The lowest BCUT2D eigenvalue weighted by Crippen LogP contribution is -2.21. The molecule has 0 aliphatic heterocycles. The summed E-state index contributed by atoms with van der Waals surface area (Å²) in [5.74, 6) is -0.635. The molecule has 0 radical (unpaired) electrons. The van der Waals surface area contributed by atoms with Crippen molar-refractivity contribution < 1.29 is 23.8 Å². The first-order valence-electron chi connectivity index (χ1n) is 5.56. The second kappa shape index (κ2) is 8.75. The highest BCUT2D eigenvalue weighted by Crippen LogP contribution is 2.01. The quantitative estimate of drug-likeness (QED) is 0.369. The van der Waals surface area contributed by atoms with Crippen molar-refractivity contribution in [2.45, 2.75) is 33.5 Å². The predicted octanol–water partition coefficient (Wildman–Crippen LogP) is 1.67. The van der Waals surface area contributed by atoms with Gasteiger partial charge in [0, 0.05) is 6.08 Å². The average molecular weight is 244 g/mol. The lowest BCUT2D eigenvalue weighted by molar-refractivity contribution is -0.177. The van der Waals surface area contributed by atoms with Gasteiger partial charge in [-0.05, 0) is 12.8 Å². The fraction of sp³-hybridized carbons (Fsp3) is 0.667. The highest BCUT2D eigenvalue weighted by atomic mass is 16.7. The van der Waals surface area contributed by atoms with E-state index in [4.69, 9.17) is 9.47 Å². The molecule has 0 aliphatic rings. The zero-order valence-electron chi connectivity index (χ0n) is 10.6. The number of carbonyl (C=O) groups excluding carboxylic acids is 2. The van der Waals surface area contributed by atoms with Gasteiger partial charge < -0.3 is 14.2 Å². The van der Waals surface area contributed by atoms with Crippen molar-refractivity contribution in [2.75, 3.05) is 13.2 Å². The molecule has 0 aliphatic carbocycles. The second-order valence-electron chi connectivity index (χ2n) is 3.91. The number of rotatable bonds is 8. The van der Waals surface area contributed by atoms with Gasteiger partial charge in [0.2, 0.25) is 0 Å². The van der Waals surface area contributed by atoms with Crippen molar-refractivity contribution in [1.29, 1.82) is 0 Å². The minimum Gasteiger partial charge on any atom is -0.462 e. The third kappa shape index (κ3) is 9.56. The molecule has 0 N–H and O–H groups in total. The zero-order chi connectivity index (χ0) is 13.3. The molecule has 5 nitrogen and oxygen atoms in total. The van der Waals surface area contributed by atoms with Crippen molar-refractivity contribution in [1.82, 2.24) is 0 Å². The third-order valence-electron chi connectivity index (χ3n) is 1.68. The monoisotopic (exact) mass is 244 g/mol. The van der Waals surface area contributed by atoms with E-state index in [1.165, 1.54) is 0 Å². The lowest BCUT2D eigenvalue weighted by atomic mass is 10.2. The van der Waals surface area contributed by atoms with E-state index in [-0.39, 0.29) is 13.0 Å². The van der Waals surface area contributed by atoms with Crippen LogP contribution in [0.3, 0.4) is 0 Å². The minimum absolute atomic E-state index is 0.00889. The smallest absolute Gasteiger partial charge is 0.330 e. The summed E-state index contributed by atoms with van der Waals surface area (Å²) in [5, 5.41) is 0. The molecule has 1 unspecified atom stereocenters. The Hall–Kier alpha value is -1.36. The van der Waals surface area contributed by atoms with E-state index in [1.54, 1.807) is 6.92 Å². The molecule has 0 bridgehead atoms. The van der Waals surface area contributed by atoms with E-state index in [2.05, 4.69) is 11.3 Å². The summed E-state index contributed by atoms with van der Waals surface area (Å²) in [6.07, 6.45) is 0.467. The van der Waals surface area contributed by atoms with Crippen LogP contribution in [-0.2, 0) is 23.8 Å². The molecule has 0 aromatic carbocycles. The SMILES string of the molecule is C=CC(=O)OCCC(=O)OC(C)OCC(C)C. The normalized spacial score (nSPS) is 12.0. The van der Waals surface area contributed by atoms with Gasteiger partial charge in [-0.15, -0.1) is 0 Å². The summed E-state index contributed by atoms with van der Waals surface area (Å²) in [7, 11) is 0. The molecule has 0 aromatic heterocycles. The molecule has 0 fully saturated rings. The van der Waals surface area contributed by atoms with Crippen LogP contribution in [0, 0.1) is 5.92 Å². The van der Waals surface area contributed by atoms with Crippen molar-refractivity contribution >= 4 is 11.9 Å². The Bertz CT molecular complexity index is 260. The van der Waals surface area contributed by atoms with Gasteiger partial charge in [-0.3, -0.25) is 4.79 Å². The van der Waals surface area contributed by atoms with Crippen molar-refractivity contribution in [3.8, 4) is 0 Å². The van der Waals surface area contributed by atoms with Gasteiger partial charge in [0.1, 0.15) is 6.61 Å². The number of carbonyl (C=O) groups is 2. The Morgan fingerprint density at radius 2 is 1.94 bits per heavy atom. The molecule has 98 valence electrons. The van der Waals surface area contributed by atoms with E-state index in [9.17, 15) is 9.59 Å². The van der Waals surface area contributed by atoms with Crippen LogP contribution in [0.2, 0.25) is 0 Å². The summed E-state index contributed by atoms with van der Waals surface area (Å²) >= 11 is 0. The molecule has 0 heterocycles. The van der Waals surface area contributed by atoms with Gasteiger partial charge >= 0.3 is 11.9 Å². The first kappa shape index (κ1) is 15.6. The van der Waals surface area contributed by atoms with Crippen LogP contribution in [0.4, 0.5) is 0 Å². The molecule has 0 aromatic rings. The Balaban J connectivity index is 3.63. The number of hydrogen-bond donors (Lipinski definition) is 0. The maximum absolute atomic E-state index is 11.2. The van der Waals surface area contributed by atoms with Crippen LogP contribution in [-0.4, -0.2) is 31.4 Å². The van der Waals surface area contributed by atoms with Crippen molar-refractivity contribution in [3.05, 3.63) is 12.7 Å². The highest BCUT2D eigenvalue weighted by molar-refractivity contribution is 5.81. The lowest BCUT2D eigenvalue weighted by Gasteiger charge is -2.15. The van der Waals surface area contributed by atoms with Crippen LogP contribution >= 0.6 is 0 Å². The van der Waals surface area contributed by atoms with Crippen LogP contribution in [0.1, 0.15) is 27.2 Å². The maximum Gasteiger partial charge on any atom is 0.330 e. The van der Waals surface area contributed by atoms with Gasteiger partial charge in [0.05, 0.1) is 13.0 Å². The van der Waals surface area contributed by atoms with E-state index in [1.807, 2.05) is 13.8 Å². The van der Waals surface area contributed by atoms with Crippen LogP contribution in [0.15, 0.2) is 12.7 Å². The van der Waals surface area contributed by atoms with E-state index in [0.29, 0.717) is 12.5 Å². The topological polar surface area (TPSA) is 61.8 Å². The second-order valence-corrected chi connectivity index (χ2v) is 3.91. The Morgan fingerprint density at radius 3 is 2.47 bits per heavy atom. The fourth-order valence-electron chi connectivity index (χ4n) is 0.900. The molecular weight excluding hydrogens is 224 g/mol. The van der Waals surface area contributed by atoms with Gasteiger partial charge in [-0.25, -0.2) is 4.79 Å². The summed E-state index contributed by atoms with van der Waals surface area (Å²) in [5.41, 5.74) is 0. The van der Waals surface area contributed by atoms with E-state index >= 15 is 0 Å². The largest absolute Gasteiger partial charge is 0.462 e. The number of hydrogen-bond acceptors (Lipinski definition) is 5. The Morgan fingerprint density at radius 1 is 1.29 bits per heavy atom. The Labute approximate surface area is 102 Å². The molecular formula is C12H20O5. The first-order chi connectivity index (χ1) is 7.95. The number of esters is 2. The third-order valence-corrected chi connectivity index (χ3v) is 1.68. The minimum atomic E-state index is -0.583. The van der Waals surface area contributed by atoms with Crippen LogP contribution in [0.25, 0.3) is 0 Å². The molecule has 0 spiro atoms. The predicted molar refractivity (Wildman–Crippen MR) is 62.1 cm³/mol. The van der Waals surface area contributed by atoms with Crippen molar-refractivity contribution in [2.24, 2.45) is 5.92 Å². The molecule has 0 saturated carbocycles. The molecule has 1 atom stereocenters. The van der Waals surface area contributed by atoms with Crippen LogP contribution < -0.4 is 0 Å². The summed E-state index contributed by atoms with van der Waals surface area (Å²) in [6.45, 7) is 9.41. The van der Waals surface area contributed by atoms with E-state index in [0.717, 1.165) is 6.08 Å². The summed E-state index contributed by atoms with van der Waals surface area (Å²) in [6, 6.07) is 0. The molecule has 0 amide bonds. The maximum atomic E-state index is 11.2. The average Bonchev–Trinajstić information content (AvgIpc) is 2.26. The molecule has 0 saturated heterocycles. The fourth-order valence-corrected chi connectivity index (χ4v) is 0.900. The number of ether oxygens (including phenoxy) is 3. The summed E-state index contributed by atoms with van der Waals surface area (Å²) < 4.78 is 14.8. The standard InChI is InChI=1S/C12H20O5/c1-5-11(13)15-7-6-12(14)17-10(4)16-8-9(2)3/h5,9-10H,1,6-8H2,2-4H3. The van der Waals surface area contributed by atoms with Gasteiger partial charge in [0.15, 0.2) is 6.29 Å². The van der Waals surface area contributed by atoms with Gasteiger partial charge in [-0.1, -0.05) is 20.4 Å². The Kier molecular flexibility index (Phi) is 8.05. The van der Waals surface area contributed by atoms with Crippen molar-refractivity contribution in [3.63, 3.8) is 0 Å². The highest BCUT2D eigenvalue weighted by Gasteiger charge is 2.10. The molecule has 0 rings (SSSR count). The molecule has 17 heavy (non-hydrogen) atoms. The molecule has 5 heteroatoms. The zero-order valence-corrected chi connectivity index (χ0v) is 10.6. The first-order valence-corrected chi connectivity index (χ1v) is 5.56.